The Balaban J connectivity index is 1.87. The highest BCUT2D eigenvalue weighted by atomic mass is 19.4. The van der Waals surface area contributed by atoms with Crippen molar-refractivity contribution in [3.63, 3.8) is 0 Å². The Labute approximate surface area is 145 Å². The van der Waals surface area contributed by atoms with Crippen LogP contribution < -0.4 is 10.6 Å². The summed E-state index contributed by atoms with van der Waals surface area (Å²) in [5.41, 5.74) is 0.269. The summed E-state index contributed by atoms with van der Waals surface area (Å²) in [6, 6.07) is 9.06. The number of urea groups is 1. The largest absolute Gasteiger partial charge is 0.418 e. The number of aromatic amines is 1. The van der Waals surface area contributed by atoms with E-state index in [1.807, 2.05) is 0 Å². The third-order valence-electron chi connectivity index (χ3n) is 3.58. The number of amides is 2. The van der Waals surface area contributed by atoms with Crippen LogP contribution in [0.5, 0.6) is 0 Å². The Morgan fingerprint density at radius 3 is 2.54 bits per heavy atom. The molecule has 134 valence electrons. The van der Waals surface area contributed by atoms with E-state index in [1.165, 1.54) is 18.2 Å². The normalized spacial score (nSPS) is 11.2. The number of carbonyl (C=O) groups excluding carboxylic acids is 1. The molecule has 1 aromatic heterocycles. The number of para-hydroxylation sites is 2. The maximum Gasteiger partial charge on any atom is 0.418 e. The molecule has 3 N–H and O–H groups in total. The fourth-order valence-electron chi connectivity index (χ4n) is 2.40. The maximum atomic E-state index is 13.0. The predicted molar refractivity (Wildman–Crippen MR) is 88.4 cm³/mol. The van der Waals surface area contributed by atoms with Crippen LogP contribution in [0, 0.1) is 6.92 Å². The number of H-pyrrole nitrogens is 1. The SMILES string of the molecule is Cc1cccc(-c2nn[nH]n2)c1NC(=O)Nc1ccccc1C(F)(F)F. The molecule has 3 aromatic rings. The number of tetrazole rings is 1. The number of carbonyl (C=O) groups is 1. The van der Waals surface area contributed by atoms with E-state index >= 15 is 0 Å². The molecule has 2 aromatic carbocycles. The van der Waals surface area contributed by atoms with E-state index in [0.29, 0.717) is 16.8 Å². The molecular formula is C16H13F3N6O. The van der Waals surface area contributed by atoms with Gasteiger partial charge in [0.15, 0.2) is 0 Å². The molecule has 2 amide bonds. The highest BCUT2D eigenvalue weighted by Crippen LogP contribution is 2.35. The smallest absolute Gasteiger partial charge is 0.307 e. The molecular weight excluding hydrogens is 349 g/mol. The van der Waals surface area contributed by atoms with Gasteiger partial charge in [0, 0.05) is 5.56 Å². The monoisotopic (exact) mass is 362 g/mol. The van der Waals surface area contributed by atoms with Gasteiger partial charge in [-0.25, -0.2) is 4.79 Å². The van der Waals surface area contributed by atoms with Crippen molar-refractivity contribution in [3.8, 4) is 11.4 Å². The minimum Gasteiger partial charge on any atom is -0.307 e. The molecule has 0 aliphatic carbocycles. The van der Waals surface area contributed by atoms with Gasteiger partial charge in [0.1, 0.15) is 0 Å². The summed E-state index contributed by atoms with van der Waals surface area (Å²) < 4.78 is 39.1. The van der Waals surface area contributed by atoms with E-state index in [-0.39, 0.29) is 11.5 Å². The number of anilines is 2. The summed E-state index contributed by atoms with van der Waals surface area (Å²) >= 11 is 0. The highest BCUT2D eigenvalue weighted by molar-refractivity contribution is 6.03. The van der Waals surface area contributed by atoms with Gasteiger partial charge in [0.2, 0.25) is 5.82 Å². The second kappa shape index (κ2) is 6.82. The number of alkyl halides is 3. The van der Waals surface area contributed by atoms with E-state index in [1.54, 1.807) is 25.1 Å². The van der Waals surface area contributed by atoms with Crippen LogP contribution in [-0.2, 0) is 6.18 Å². The third kappa shape index (κ3) is 3.63. The van der Waals surface area contributed by atoms with Crippen molar-refractivity contribution < 1.29 is 18.0 Å². The molecule has 3 rings (SSSR count). The lowest BCUT2D eigenvalue weighted by Crippen LogP contribution is -2.22. The number of hydrogen-bond donors (Lipinski definition) is 3. The van der Waals surface area contributed by atoms with Gasteiger partial charge in [0.25, 0.3) is 0 Å². The van der Waals surface area contributed by atoms with Gasteiger partial charge in [-0.3, -0.25) is 0 Å². The molecule has 10 heteroatoms. The number of hydrogen-bond acceptors (Lipinski definition) is 4. The Bertz CT molecular complexity index is 924. The molecule has 1 heterocycles. The Hall–Kier alpha value is -3.43. The Morgan fingerprint density at radius 1 is 1.08 bits per heavy atom. The van der Waals surface area contributed by atoms with E-state index in [0.717, 1.165) is 6.07 Å². The fourth-order valence-corrected chi connectivity index (χ4v) is 2.40. The first-order valence-electron chi connectivity index (χ1n) is 7.44. The van der Waals surface area contributed by atoms with Gasteiger partial charge in [-0.2, -0.15) is 18.4 Å². The highest BCUT2D eigenvalue weighted by Gasteiger charge is 2.33. The van der Waals surface area contributed by atoms with Gasteiger partial charge in [0.05, 0.1) is 16.9 Å². The standard InChI is InChI=1S/C16H13F3N6O/c1-9-5-4-6-10(14-22-24-25-23-14)13(9)21-15(26)20-12-8-3-2-7-11(12)16(17,18)19/h2-8H,1H3,(H2,20,21,26)(H,22,23,24,25). The summed E-state index contributed by atoms with van der Waals surface area (Å²) in [7, 11) is 0. The molecule has 0 saturated carbocycles. The Morgan fingerprint density at radius 2 is 1.85 bits per heavy atom. The average molecular weight is 362 g/mol. The predicted octanol–water partition coefficient (Wildman–Crippen LogP) is 3.84. The second-order valence-electron chi connectivity index (χ2n) is 5.36. The maximum absolute atomic E-state index is 13.0. The van der Waals surface area contributed by atoms with Crippen LogP contribution in [0.15, 0.2) is 42.5 Å². The van der Waals surface area contributed by atoms with E-state index in [9.17, 15) is 18.0 Å². The zero-order valence-electron chi connectivity index (χ0n) is 13.4. The van der Waals surface area contributed by atoms with E-state index in [4.69, 9.17) is 0 Å². The zero-order valence-corrected chi connectivity index (χ0v) is 13.4. The van der Waals surface area contributed by atoms with Crippen molar-refractivity contribution in [2.75, 3.05) is 10.6 Å². The Kier molecular flexibility index (Phi) is 4.57. The first-order chi connectivity index (χ1) is 12.4. The molecule has 0 atom stereocenters. The van der Waals surface area contributed by atoms with Crippen molar-refractivity contribution >= 4 is 17.4 Å². The fraction of sp³-hybridized carbons (Fsp3) is 0.125. The number of benzene rings is 2. The summed E-state index contributed by atoms with van der Waals surface area (Å²) in [5.74, 6) is 0.250. The molecule has 0 bridgehead atoms. The second-order valence-corrected chi connectivity index (χ2v) is 5.36. The van der Waals surface area contributed by atoms with Gasteiger partial charge in [-0.1, -0.05) is 24.3 Å². The number of nitrogens with zero attached hydrogens (tertiary/aromatic N) is 3. The molecule has 0 aliphatic rings. The summed E-state index contributed by atoms with van der Waals surface area (Å²) in [4.78, 5) is 12.3. The first kappa shape index (κ1) is 17.4. The number of halogens is 3. The average Bonchev–Trinajstić information content (AvgIpc) is 3.10. The van der Waals surface area contributed by atoms with Crippen LogP contribution in [0.1, 0.15) is 11.1 Å². The van der Waals surface area contributed by atoms with Gasteiger partial charge >= 0.3 is 12.2 Å². The lowest BCUT2D eigenvalue weighted by molar-refractivity contribution is -0.136. The molecule has 0 saturated heterocycles. The minimum atomic E-state index is -4.58. The van der Waals surface area contributed by atoms with Crippen LogP contribution in [0.4, 0.5) is 29.3 Å². The lowest BCUT2D eigenvalue weighted by Gasteiger charge is -2.16. The van der Waals surface area contributed by atoms with Crippen molar-refractivity contribution in [1.29, 1.82) is 0 Å². The topological polar surface area (TPSA) is 95.6 Å². The summed E-state index contributed by atoms with van der Waals surface area (Å²) in [6.45, 7) is 1.74. The van der Waals surface area contributed by atoms with Crippen molar-refractivity contribution in [1.82, 2.24) is 20.6 Å². The van der Waals surface area contributed by atoms with Crippen molar-refractivity contribution in [3.05, 3.63) is 53.6 Å². The quantitative estimate of drug-likeness (QED) is 0.660. The number of nitrogens with one attached hydrogen (secondary N) is 3. The van der Waals surface area contributed by atoms with E-state index in [2.05, 4.69) is 31.3 Å². The lowest BCUT2D eigenvalue weighted by atomic mass is 10.1. The minimum absolute atomic E-state index is 0.250. The van der Waals surface area contributed by atoms with E-state index < -0.39 is 17.8 Å². The van der Waals surface area contributed by atoms with Gasteiger partial charge in [-0.15, -0.1) is 10.2 Å². The van der Waals surface area contributed by atoms with Crippen LogP contribution in [0.2, 0.25) is 0 Å². The van der Waals surface area contributed by atoms with Crippen molar-refractivity contribution in [2.45, 2.75) is 13.1 Å². The van der Waals surface area contributed by atoms with Gasteiger partial charge in [-0.05, 0) is 35.9 Å². The van der Waals surface area contributed by atoms with Crippen molar-refractivity contribution in [2.24, 2.45) is 0 Å². The van der Waals surface area contributed by atoms with Gasteiger partial charge < -0.3 is 10.6 Å². The molecule has 0 spiro atoms. The van der Waals surface area contributed by atoms with Crippen LogP contribution in [-0.4, -0.2) is 26.7 Å². The molecule has 7 nitrogen and oxygen atoms in total. The number of rotatable bonds is 3. The molecule has 0 fully saturated rings. The zero-order chi connectivity index (χ0) is 18.7. The summed E-state index contributed by atoms with van der Waals surface area (Å²) in [6.07, 6.45) is -4.58. The molecule has 0 unspecified atom stereocenters. The van der Waals surface area contributed by atoms with Crippen LogP contribution in [0.25, 0.3) is 11.4 Å². The van der Waals surface area contributed by atoms with Crippen LogP contribution >= 0.6 is 0 Å². The van der Waals surface area contributed by atoms with Crippen LogP contribution in [0.3, 0.4) is 0 Å². The number of aryl methyl sites for hydroxylation is 1. The first-order valence-corrected chi connectivity index (χ1v) is 7.44. The third-order valence-corrected chi connectivity index (χ3v) is 3.58. The molecule has 0 aliphatic heterocycles. The number of aromatic nitrogens is 4. The molecule has 0 radical (unpaired) electrons. The summed E-state index contributed by atoms with van der Waals surface area (Å²) in [5, 5.41) is 18.3. The molecule has 26 heavy (non-hydrogen) atoms.